The molecule has 0 N–H and O–H groups in total. The van der Waals surface area contributed by atoms with Crippen molar-refractivity contribution in [2.24, 2.45) is 34.0 Å². The maximum atomic E-state index is 13.1. The van der Waals surface area contributed by atoms with E-state index in [1.165, 1.54) is 6.42 Å². The van der Waals surface area contributed by atoms with E-state index in [0.29, 0.717) is 17.6 Å². The van der Waals surface area contributed by atoms with Crippen molar-refractivity contribution in [2.75, 3.05) is 13.2 Å². The van der Waals surface area contributed by atoms with Crippen LogP contribution in [0.25, 0.3) is 0 Å². The predicted octanol–water partition coefficient (Wildman–Crippen LogP) is 4.59. The highest BCUT2D eigenvalue weighted by atomic mass is 16.7. The monoisotopic (exact) mass is 334 g/mol. The second-order valence-electron chi connectivity index (χ2n) is 10.1. The van der Waals surface area contributed by atoms with Gasteiger partial charge in [-0.05, 0) is 49.4 Å². The molecule has 5 atom stereocenters. The second kappa shape index (κ2) is 5.07. The van der Waals surface area contributed by atoms with Crippen LogP contribution in [0.5, 0.6) is 0 Å². The van der Waals surface area contributed by atoms with Crippen LogP contribution >= 0.6 is 0 Å². The zero-order valence-electron chi connectivity index (χ0n) is 16.1. The van der Waals surface area contributed by atoms with Gasteiger partial charge in [0, 0.05) is 23.2 Å². The molecule has 3 aliphatic carbocycles. The molecule has 4 rings (SSSR count). The van der Waals surface area contributed by atoms with Crippen LogP contribution in [-0.2, 0) is 14.3 Å². The molecule has 1 heterocycles. The largest absolute Gasteiger partial charge is 0.347 e. The number of hydrogen-bond donors (Lipinski definition) is 0. The molecule has 4 aliphatic rings. The Morgan fingerprint density at radius 3 is 2.21 bits per heavy atom. The van der Waals surface area contributed by atoms with Crippen molar-refractivity contribution in [3.63, 3.8) is 0 Å². The Kier molecular flexibility index (Phi) is 3.59. The van der Waals surface area contributed by atoms with E-state index in [2.05, 4.69) is 34.6 Å². The van der Waals surface area contributed by atoms with E-state index >= 15 is 0 Å². The molecule has 3 heteroatoms. The van der Waals surface area contributed by atoms with Crippen molar-refractivity contribution in [1.29, 1.82) is 0 Å². The first kappa shape index (κ1) is 17.0. The van der Waals surface area contributed by atoms with E-state index < -0.39 is 5.79 Å². The van der Waals surface area contributed by atoms with Crippen LogP contribution in [0.2, 0.25) is 0 Å². The molecule has 0 aromatic rings. The molecule has 1 saturated heterocycles. The van der Waals surface area contributed by atoms with E-state index in [4.69, 9.17) is 9.47 Å². The third kappa shape index (κ3) is 1.89. The normalized spacial score (nSPS) is 49.7. The summed E-state index contributed by atoms with van der Waals surface area (Å²) in [6.07, 6.45) is 6.55. The van der Waals surface area contributed by atoms with Crippen molar-refractivity contribution in [3.8, 4) is 0 Å². The Hall–Kier alpha value is -0.410. The van der Waals surface area contributed by atoms with Crippen LogP contribution in [0, 0.1) is 34.0 Å². The lowest BCUT2D eigenvalue weighted by atomic mass is 9.39. The van der Waals surface area contributed by atoms with Crippen molar-refractivity contribution in [1.82, 2.24) is 0 Å². The minimum atomic E-state index is -0.392. The van der Waals surface area contributed by atoms with Gasteiger partial charge in [-0.2, -0.15) is 0 Å². The van der Waals surface area contributed by atoms with Crippen LogP contribution in [0.1, 0.15) is 73.1 Å². The summed E-state index contributed by atoms with van der Waals surface area (Å²) in [5.41, 5.74) is 0.123. The minimum absolute atomic E-state index is 0.00391. The van der Waals surface area contributed by atoms with Gasteiger partial charge in [-0.3, -0.25) is 4.79 Å². The number of ketones is 1. The van der Waals surface area contributed by atoms with E-state index in [9.17, 15) is 4.79 Å². The van der Waals surface area contributed by atoms with Gasteiger partial charge in [-0.1, -0.05) is 34.6 Å². The molecule has 3 nitrogen and oxygen atoms in total. The predicted molar refractivity (Wildman–Crippen MR) is 93.5 cm³/mol. The maximum Gasteiger partial charge on any atom is 0.173 e. The van der Waals surface area contributed by atoms with Gasteiger partial charge < -0.3 is 9.47 Å². The highest BCUT2D eigenvalue weighted by Crippen LogP contribution is 2.69. The second-order valence-corrected chi connectivity index (χ2v) is 10.1. The zero-order valence-corrected chi connectivity index (χ0v) is 16.1. The average molecular weight is 335 g/mol. The Labute approximate surface area is 146 Å². The Bertz CT molecular complexity index is 547. The van der Waals surface area contributed by atoms with Gasteiger partial charge in [-0.25, -0.2) is 0 Å². The first-order valence-electron chi connectivity index (χ1n) is 10.00. The van der Waals surface area contributed by atoms with E-state index in [-0.39, 0.29) is 22.2 Å². The summed E-state index contributed by atoms with van der Waals surface area (Å²) in [6, 6.07) is 0. The molecular formula is C21H34O3. The SMILES string of the molecule is C[C@H]1CC[C@@H]2[C@@]3(C)CCC4(OCCO4)C(C)(C)[C@@H]3CC[C@@]2(C)C1=O. The molecule has 0 aromatic heterocycles. The number of rotatable bonds is 0. The van der Waals surface area contributed by atoms with Crippen LogP contribution in [-0.4, -0.2) is 24.8 Å². The van der Waals surface area contributed by atoms with Crippen LogP contribution < -0.4 is 0 Å². The summed E-state index contributed by atoms with van der Waals surface area (Å²) in [4.78, 5) is 13.1. The molecule has 136 valence electrons. The summed E-state index contributed by atoms with van der Waals surface area (Å²) in [5.74, 6) is 1.47. The minimum Gasteiger partial charge on any atom is -0.347 e. The van der Waals surface area contributed by atoms with E-state index in [0.717, 1.165) is 45.3 Å². The standard InChI is InChI=1S/C21H34O3/c1-14-6-7-16-19(4)10-11-21(23-12-13-24-21)18(2,3)15(19)8-9-20(16,5)17(14)22/h14-16H,6-13H2,1-5H3/t14-,15-,16+,19-,20+/m0/s1. The third-order valence-corrected chi connectivity index (χ3v) is 8.81. The molecule has 0 amide bonds. The van der Waals surface area contributed by atoms with Gasteiger partial charge >= 0.3 is 0 Å². The number of ether oxygens (including phenoxy) is 2. The molecule has 0 aromatic carbocycles. The zero-order chi connectivity index (χ0) is 17.4. The summed E-state index contributed by atoms with van der Waals surface area (Å²) in [6.45, 7) is 13.1. The average Bonchev–Trinajstić information content (AvgIpc) is 3.00. The topological polar surface area (TPSA) is 35.5 Å². The number of fused-ring (bicyclic) bond motifs is 3. The molecule has 4 fully saturated rings. The molecule has 1 aliphatic heterocycles. The Morgan fingerprint density at radius 2 is 1.54 bits per heavy atom. The summed E-state index contributed by atoms with van der Waals surface area (Å²) in [7, 11) is 0. The summed E-state index contributed by atoms with van der Waals surface area (Å²) in [5, 5.41) is 0. The van der Waals surface area contributed by atoms with Gasteiger partial charge in [0.05, 0.1) is 13.2 Å². The third-order valence-electron chi connectivity index (χ3n) is 8.81. The first-order valence-corrected chi connectivity index (χ1v) is 10.00. The molecule has 24 heavy (non-hydrogen) atoms. The lowest BCUT2D eigenvalue weighted by Gasteiger charge is -2.66. The van der Waals surface area contributed by atoms with Gasteiger partial charge in [0.15, 0.2) is 5.79 Å². The lowest BCUT2D eigenvalue weighted by molar-refractivity contribution is -0.301. The van der Waals surface area contributed by atoms with Gasteiger partial charge in [0.1, 0.15) is 5.78 Å². The Balaban J connectivity index is 1.73. The lowest BCUT2D eigenvalue weighted by Crippen LogP contribution is -2.65. The number of Topliss-reactive ketones (excluding diaryl/α,β-unsaturated/α-hetero) is 1. The number of hydrogen-bond acceptors (Lipinski definition) is 3. The van der Waals surface area contributed by atoms with E-state index in [1.807, 2.05) is 0 Å². The molecule has 1 spiro atoms. The fraction of sp³-hybridized carbons (Fsp3) is 0.952. The fourth-order valence-corrected chi connectivity index (χ4v) is 7.50. The molecule has 0 radical (unpaired) electrons. The first-order chi connectivity index (χ1) is 11.2. The molecule has 3 saturated carbocycles. The molecular weight excluding hydrogens is 300 g/mol. The quantitative estimate of drug-likeness (QED) is 0.650. The number of carbonyl (C=O) groups is 1. The maximum absolute atomic E-state index is 13.1. The van der Waals surface area contributed by atoms with Crippen molar-refractivity contribution >= 4 is 5.78 Å². The van der Waals surface area contributed by atoms with Gasteiger partial charge in [-0.15, -0.1) is 0 Å². The van der Waals surface area contributed by atoms with Crippen molar-refractivity contribution in [3.05, 3.63) is 0 Å². The molecule has 0 bridgehead atoms. The van der Waals surface area contributed by atoms with E-state index in [1.54, 1.807) is 0 Å². The Morgan fingerprint density at radius 1 is 0.875 bits per heavy atom. The van der Waals surface area contributed by atoms with Crippen molar-refractivity contribution < 1.29 is 14.3 Å². The van der Waals surface area contributed by atoms with Gasteiger partial charge in [0.2, 0.25) is 0 Å². The molecule has 0 unspecified atom stereocenters. The smallest absolute Gasteiger partial charge is 0.173 e. The summed E-state index contributed by atoms with van der Waals surface area (Å²) < 4.78 is 12.4. The highest BCUT2D eigenvalue weighted by Gasteiger charge is 2.68. The van der Waals surface area contributed by atoms with Crippen molar-refractivity contribution in [2.45, 2.75) is 78.9 Å². The van der Waals surface area contributed by atoms with Gasteiger partial charge in [0.25, 0.3) is 0 Å². The van der Waals surface area contributed by atoms with Crippen LogP contribution in [0.15, 0.2) is 0 Å². The number of carbonyl (C=O) groups excluding carboxylic acids is 1. The highest BCUT2D eigenvalue weighted by molar-refractivity contribution is 5.87. The van der Waals surface area contributed by atoms with Crippen LogP contribution in [0.3, 0.4) is 0 Å². The fourth-order valence-electron chi connectivity index (χ4n) is 7.50. The van der Waals surface area contributed by atoms with Crippen LogP contribution in [0.4, 0.5) is 0 Å². The summed E-state index contributed by atoms with van der Waals surface area (Å²) >= 11 is 0.